The van der Waals surface area contributed by atoms with Crippen LogP contribution in [0.1, 0.15) is 22.9 Å². The lowest BCUT2D eigenvalue weighted by molar-refractivity contribution is 0.663. The van der Waals surface area contributed by atoms with Gasteiger partial charge in [-0.15, -0.1) is 22.7 Å². The first-order valence-corrected chi connectivity index (χ1v) is 22.8. The van der Waals surface area contributed by atoms with Gasteiger partial charge in [-0.1, -0.05) is 170 Å². The molecule has 296 valence electrons. The van der Waals surface area contributed by atoms with Gasteiger partial charge in [0, 0.05) is 78.9 Å². The Morgan fingerprint density at radius 3 is 1.71 bits per heavy atom. The summed E-state index contributed by atoms with van der Waals surface area (Å²) in [6.07, 6.45) is -0.449. The predicted octanol–water partition coefficient (Wildman–Crippen LogP) is 15.8. The molecule has 0 saturated carbocycles. The molecular weight excluding hydrogens is 807 g/mol. The van der Waals surface area contributed by atoms with Crippen molar-refractivity contribution in [2.75, 3.05) is 0 Å². The van der Waals surface area contributed by atoms with Crippen molar-refractivity contribution in [3.8, 4) is 33.4 Å². The first-order chi connectivity index (χ1) is 31.2. The van der Waals surface area contributed by atoms with E-state index in [-0.39, 0.29) is 0 Å². The Kier molecular flexibility index (Phi) is 8.29. The number of nitrogens with zero attached hydrogens (tertiary/aromatic N) is 2. The van der Waals surface area contributed by atoms with Crippen LogP contribution in [0.5, 0.6) is 0 Å². The van der Waals surface area contributed by atoms with Gasteiger partial charge in [0.1, 0.15) is 23.2 Å². The van der Waals surface area contributed by atoms with Crippen LogP contribution >= 0.6 is 22.7 Å². The van der Waals surface area contributed by atoms with Crippen molar-refractivity contribution in [1.82, 2.24) is 5.32 Å². The smallest absolute Gasteiger partial charge is 0.159 e. The largest absolute Gasteiger partial charge is 0.455 e. The molecule has 63 heavy (non-hydrogen) atoms. The van der Waals surface area contributed by atoms with Crippen LogP contribution < -0.4 is 5.32 Å². The third kappa shape index (κ3) is 5.94. The number of rotatable bonds is 6. The fourth-order valence-electron chi connectivity index (χ4n) is 9.40. The van der Waals surface area contributed by atoms with Crippen LogP contribution in [0.3, 0.4) is 0 Å². The molecule has 1 atom stereocenters. The molecular formula is C57H35N3OS2. The number of fused-ring (bicyclic) bond motifs is 9. The van der Waals surface area contributed by atoms with Crippen LogP contribution in [0, 0.1) is 0 Å². The second-order valence-corrected chi connectivity index (χ2v) is 18.2. The Balaban J connectivity index is 1.04. The minimum atomic E-state index is -0.449. The van der Waals surface area contributed by atoms with Gasteiger partial charge >= 0.3 is 0 Å². The maximum Gasteiger partial charge on any atom is 0.159 e. The molecule has 4 heterocycles. The number of benzene rings is 9. The monoisotopic (exact) mass is 841 g/mol. The molecule has 12 aromatic rings. The minimum absolute atomic E-state index is 0.449. The number of furan rings is 1. The number of aliphatic imine (C=N–C) groups is 2. The first kappa shape index (κ1) is 36.1. The van der Waals surface area contributed by atoms with Gasteiger partial charge in [0.25, 0.3) is 0 Å². The van der Waals surface area contributed by atoms with E-state index in [1.165, 1.54) is 57.0 Å². The predicted molar refractivity (Wildman–Crippen MR) is 268 cm³/mol. The van der Waals surface area contributed by atoms with Crippen molar-refractivity contribution < 1.29 is 4.42 Å². The van der Waals surface area contributed by atoms with Gasteiger partial charge in [-0.05, 0) is 52.6 Å². The van der Waals surface area contributed by atoms with Crippen molar-refractivity contribution in [1.29, 1.82) is 0 Å². The zero-order chi connectivity index (χ0) is 41.4. The standard InChI is InChI=1S/C57H35N3OS2/c1-3-14-34(15-4-1)35-28-30-37(31-29-35)56-58-55(36-16-5-2-6-17-36)59-57(60-56)45-24-13-25-48-51(45)47-33-38(39-20-11-21-42-40-18-7-9-26-49(40)62-53(39)42)32-46(52(47)61-48)44-23-12-22-43-41-19-8-10-27-50(41)63-54(43)44/h1-33,57H,(H,58,59,60). The maximum absolute atomic E-state index is 7.10. The SMILES string of the molecule is c1ccc(C2=NC(c3cccc4oc5c(-c6cccc7c6sc6ccccc67)cc(-c6cccc7c6sc6ccccc67)cc5c34)NC(c3ccc(-c4ccccc4)cc3)=N2)cc1. The lowest BCUT2D eigenvalue weighted by Crippen LogP contribution is -2.33. The number of hydrogen-bond acceptors (Lipinski definition) is 6. The van der Waals surface area contributed by atoms with Gasteiger partial charge in [-0.25, -0.2) is 9.98 Å². The van der Waals surface area contributed by atoms with E-state index < -0.39 is 6.17 Å². The van der Waals surface area contributed by atoms with Crippen molar-refractivity contribution in [3.05, 3.63) is 217 Å². The summed E-state index contributed by atoms with van der Waals surface area (Å²) in [5.74, 6) is 1.45. The highest BCUT2D eigenvalue weighted by Crippen LogP contribution is 2.48. The van der Waals surface area contributed by atoms with E-state index in [2.05, 4.69) is 181 Å². The van der Waals surface area contributed by atoms with Crippen LogP contribution in [0.25, 0.3) is 95.7 Å². The highest BCUT2D eigenvalue weighted by molar-refractivity contribution is 7.26. The average Bonchev–Trinajstić information content (AvgIpc) is 4.06. The lowest BCUT2D eigenvalue weighted by Gasteiger charge is -2.24. The summed E-state index contributed by atoms with van der Waals surface area (Å²) in [6, 6.07) is 71.3. The molecule has 1 unspecified atom stereocenters. The summed E-state index contributed by atoms with van der Waals surface area (Å²) in [5.41, 5.74) is 11.6. The summed E-state index contributed by atoms with van der Waals surface area (Å²) in [7, 11) is 0. The van der Waals surface area contributed by atoms with Gasteiger partial charge in [0.2, 0.25) is 0 Å². The highest BCUT2D eigenvalue weighted by atomic mass is 32.1. The Morgan fingerprint density at radius 1 is 0.429 bits per heavy atom. The van der Waals surface area contributed by atoms with Crippen LogP contribution in [0.4, 0.5) is 0 Å². The zero-order valence-corrected chi connectivity index (χ0v) is 35.4. The Bertz CT molecular complexity index is 3820. The fraction of sp³-hybridized carbons (Fsp3) is 0.0175. The third-order valence-corrected chi connectivity index (χ3v) is 14.8. The quantitative estimate of drug-likeness (QED) is 0.181. The van der Waals surface area contributed by atoms with E-state index in [4.69, 9.17) is 14.4 Å². The van der Waals surface area contributed by atoms with E-state index in [1.807, 2.05) is 46.9 Å². The Hall–Kier alpha value is -7.64. The fourth-order valence-corrected chi connectivity index (χ4v) is 11.9. The zero-order valence-electron chi connectivity index (χ0n) is 33.7. The van der Waals surface area contributed by atoms with Crippen molar-refractivity contribution >= 4 is 96.6 Å². The molecule has 0 amide bonds. The second-order valence-electron chi connectivity index (χ2n) is 16.1. The molecule has 3 aromatic heterocycles. The number of hydrogen-bond donors (Lipinski definition) is 1. The number of amidine groups is 2. The molecule has 1 aliphatic rings. The molecule has 1 aliphatic heterocycles. The number of nitrogens with one attached hydrogen (secondary N) is 1. The van der Waals surface area contributed by atoms with Gasteiger partial charge < -0.3 is 9.73 Å². The van der Waals surface area contributed by atoms with Gasteiger partial charge in [0.15, 0.2) is 5.84 Å². The van der Waals surface area contributed by atoms with E-state index >= 15 is 0 Å². The first-order valence-electron chi connectivity index (χ1n) is 21.2. The molecule has 6 heteroatoms. The van der Waals surface area contributed by atoms with Gasteiger partial charge in [0.05, 0.1) is 0 Å². The molecule has 0 saturated heterocycles. The molecule has 0 aliphatic carbocycles. The van der Waals surface area contributed by atoms with Crippen LogP contribution in [-0.2, 0) is 0 Å². The molecule has 4 nitrogen and oxygen atoms in total. The van der Waals surface area contributed by atoms with Gasteiger partial charge in [-0.3, -0.25) is 0 Å². The maximum atomic E-state index is 7.10. The van der Waals surface area contributed by atoms with Crippen molar-refractivity contribution in [3.63, 3.8) is 0 Å². The average molecular weight is 842 g/mol. The van der Waals surface area contributed by atoms with Gasteiger partial charge in [-0.2, -0.15) is 0 Å². The van der Waals surface area contributed by atoms with E-state index in [9.17, 15) is 0 Å². The van der Waals surface area contributed by atoms with E-state index in [0.717, 1.165) is 61.2 Å². The topological polar surface area (TPSA) is 49.9 Å². The van der Waals surface area contributed by atoms with Crippen LogP contribution in [0.15, 0.2) is 215 Å². The minimum Gasteiger partial charge on any atom is -0.455 e. The molecule has 0 fully saturated rings. The normalized spacial score (nSPS) is 14.2. The number of thiophene rings is 2. The summed E-state index contributed by atoms with van der Waals surface area (Å²) in [4.78, 5) is 10.5. The molecule has 0 bridgehead atoms. The summed E-state index contributed by atoms with van der Waals surface area (Å²) < 4.78 is 12.2. The molecule has 0 spiro atoms. The Morgan fingerprint density at radius 2 is 1.00 bits per heavy atom. The molecule has 9 aromatic carbocycles. The van der Waals surface area contributed by atoms with Crippen LogP contribution in [-0.4, -0.2) is 11.7 Å². The summed E-state index contributed by atoms with van der Waals surface area (Å²) >= 11 is 3.71. The van der Waals surface area contributed by atoms with E-state index in [1.54, 1.807) is 0 Å². The Labute approximate surface area is 370 Å². The highest BCUT2D eigenvalue weighted by Gasteiger charge is 2.27. The van der Waals surface area contributed by atoms with Crippen molar-refractivity contribution in [2.45, 2.75) is 6.17 Å². The molecule has 1 N–H and O–H groups in total. The lowest BCUT2D eigenvalue weighted by atomic mass is 9.93. The third-order valence-electron chi connectivity index (χ3n) is 12.4. The summed E-state index contributed by atoms with van der Waals surface area (Å²) in [5, 5.41) is 11.0. The van der Waals surface area contributed by atoms with Crippen molar-refractivity contribution in [2.24, 2.45) is 9.98 Å². The van der Waals surface area contributed by atoms with E-state index in [0.29, 0.717) is 5.84 Å². The molecule has 13 rings (SSSR count). The summed E-state index contributed by atoms with van der Waals surface area (Å²) in [6.45, 7) is 0. The second kappa shape index (κ2) is 14.5. The molecule has 0 radical (unpaired) electrons. The van der Waals surface area contributed by atoms with Crippen LogP contribution in [0.2, 0.25) is 0 Å².